The Bertz CT molecular complexity index is 1050. The van der Waals surface area contributed by atoms with Gasteiger partial charge in [0, 0.05) is 24.8 Å². The zero-order chi connectivity index (χ0) is 23.5. The van der Waals surface area contributed by atoms with E-state index < -0.39 is 33.6 Å². The normalized spacial score (nSPS) is 16.3. The molecular weight excluding hydrogens is 436 g/mol. The first kappa shape index (κ1) is 24.0. The van der Waals surface area contributed by atoms with E-state index in [0.717, 1.165) is 53.1 Å². The zero-order valence-electron chi connectivity index (χ0n) is 18.5. The van der Waals surface area contributed by atoms with Crippen molar-refractivity contribution in [2.75, 3.05) is 28.6 Å². The second kappa shape index (κ2) is 9.85. The summed E-state index contributed by atoms with van der Waals surface area (Å²) in [6, 6.07) is 9.14. The molecule has 6 nitrogen and oxygen atoms in total. The molecule has 1 heterocycles. The molecule has 0 bridgehead atoms. The van der Waals surface area contributed by atoms with Gasteiger partial charge in [0.1, 0.15) is 6.04 Å². The SMILES string of the molecule is C[C@H](C(=O)N[C@H](C)c1ccc(N2CCCCC2)cc1)N(c1ccc(F)c(F)c1)S(C)(=O)=O. The summed E-state index contributed by atoms with van der Waals surface area (Å²) in [6.45, 7) is 5.29. The number of hydrogen-bond donors (Lipinski definition) is 1. The lowest BCUT2D eigenvalue weighted by molar-refractivity contribution is -0.122. The maximum absolute atomic E-state index is 13.7. The van der Waals surface area contributed by atoms with Gasteiger partial charge in [-0.25, -0.2) is 17.2 Å². The van der Waals surface area contributed by atoms with Crippen LogP contribution in [0.25, 0.3) is 0 Å². The van der Waals surface area contributed by atoms with E-state index in [1.807, 2.05) is 31.2 Å². The van der Waals surface area contributed by atoms with Gasteiger partial charge in [-0.3, -0.25) is 9.10 Å². The molecule has 1 amide bonds. The Morgan fingerprint density at radius 2 is 1.62 bits per heavy atom. The van der Waals surface area contributed by atoms with Crippen LogP contribution in [0.5, 0.6) is 0 Å². The van der Waals surface area contributed by atoms with Crippen molar-refractivity contribution in [3.63, 3.8) is 0 Å². The highest BCUT2D eigenvalue weighted by Crippen LogP contribution is 2.25. The first-order valence-corrected chi connectivity index (χ1v) is 12.5. The number of carbonyl (C=O) groups is 1. The van der Waals surface area contributed by atoms with E-state index in [9.17, 15) is 22.0 Å². The number of sulfonamides is 1. The third kappa shape index (κ3) is 5.56. The smallest absolute Gasteiger partial charge is 0.244 e. The molecule has 2 aromatic carbocycles. The van der Waals surface area contributed by atoms with Crippen molar-refractivity contribution in [1.82, 2.24) is 5.32 Å². The first-order valence-electron chi connectivity index (χ1n) is 10.7. The molecule has 0 aromatic heterocycles. The van der Waals surface area contributed by atoms with E-state index in [0.29, 0.717) is 0 Å². The van der Waals surface area contributed by atoms with Gasteiger partial charge >= 0.3 is 0 Å². The summed E-state index contributed by atoms with van der Waals surface area (Å²) in [5.41, 5.74) is 1.90. The molecular formula is C23H29F2N3O3S. The molecule has 0 radical (unpaired) electrons. The van der Waals surface area contributed by atoms with Gasteiger partial charge in [0.2, 0.25) is 15.9 Å². The van der Waals surface area contributed by atoms with Gasteiger partial charge < -0.3 is 10.2 Å². The van der Waals surface area contributed by atoms with E-state index in [-0.39, 0.29) is 11.7 Å². The maximum atomic E-state index is 13.7. The Hall–Kier alpha value is -2.68. The fourth-order valence-corrected chi connectivity index (χ4v) is 5.14. The number of amides is 1. The minimum atomic E-state index is -3.93. The molecule has 174 valence electrons. The monoisotopic (exact) mass is 465 g/mol. The van der Waals surface area contributed by atoms with Gasteiger partial charge in [0.15, 0.2) is 11.6 Å². The average Bonchev–Trinajstić information content (AvgIpc) is 2.76. The molecule has 1 N–H and O–H groups in total. The van der Waals surface area contributed by atoms with Crippen molar-refractivity contribution in [3.05, 3.63) is 59.7 Å². The largest absolute Gasteiger partial charge is 0.372 e. The summed E-state index contributed by atoms with van der Waals surface area (Å²) in [7, 11) is -3.93. The molecule has 1 aliphatic rings. The van der Waals surface area contributed by atoms with Crippen LogP contribution in [-0.2, 0) is 14.8 Å². The zero-order valence-corrected chi connectivity index (χ0v) is 19.3. The lowest BCUT2D eigenvalue weighted by atomic mass is 10.1. The minimum absolute atomic E-state index is 0.118. The summed E-state index contributed by atoms with van der Waals surface area (Å²) in [5.74, 6) is -2.83. The van der Waals surface area contributed by atoms with Gasteiger partial charge in [0.05, 0.1) is 18.0 Å². The van der Waals surface area contributed by atoms with E-state index in [1.54, 1.807) is 0 Å². The number of piperidine rings is 1. The van der Waals surface area contributed by atoms with Crippen LogP contribution < -0.4 is 14.5 Å². The molecule has 9 heteroatoms. The lowest BCUT2D eigenvalue weighted by Gasteiger charge is -2.30. The first-order chi connectivity index (χ1) is 15.1. The molecule has 2 atom stereocenters. The summed E-state index contributed by atoms with van der Waals surface area (Å²) in [5, 5.41) is 2.82. The number of anilines is 2. The Labute approximate surface area is 188 Å². The van der Waals surface area contributed by atoms with Crippen molar-refractivity contribution in [3.8, 4) is 0 Å². The maximum Gasteiger partial charge on any atom is 0.244 e. The van der Waals surface area contributed by atoms with Crippen LogP contribution in [0.3, 0.4) is 0 Å². The number of nitrogens with zero attached hydrogens (tertiary/aromatic N) is 2. The van der Waals surface area contributed by atoms with E-state index in [2.05, 4.69) is 10.2 Å². The molecule has 3 rings (SSSR count). The highest BCUT2D eigenvalue weighted by Gasteiger charge is 2.30. The topological polar surface area (TPSA) is 69.7 Å². The highest BCUT2D eigenvalue weighted by molar-refractivity contribution is 7.92. The van der Waals surface area contributed by atoms with Gasteiger partial charge in [-0.1, -0.05) is 12.1 Å². The number of hydrogen-bond acceptors (Lipinski definition) is 4. The second-order valence-electron chi connectivity index (χ2n) is 8.20. The molecule has 1 aliphatic heterocycles. The Morgan fingerprint density at radius 3 is 2.19 bits per heavy atom. The van der Waals surface area contributed by atoms with Gasteiger partial charge in [0.25, 0.3) is 0 Å². The average molecular weight is 466 g/mol. The van der Waals surface area contributed by atoms with Crippen LogP contribution >= 0.6 is 0 Å². The number of carbonyl (C=O) groups excluding carboxylic acids is 1. The fourth-order valence-electron chi connectivity index (χ4n) is 3.97. The predicted molar refractivity (Wildman–Crippen MR) is 122 cm³/mol. The minimum Gasteiger partial charge on any atom is -0.372 e. The number of nitrogens with one attached hydrogen (secondary N) is 1. The quantitative estimate of drug-likeness (QED) is 0.672. The Kier molecular flexibility index (Phi) is 7.38. The van der Waals surface area contributed by atoms with E-state index in [4.69, 9.17) is 0 Å². The van der Waals surface area contributed by atoms with Crippen LogP contribution in [0.15, 0.2) is 42.5 Å². The second-order valence-corrected chi connectivity index (χ2v) is 10.1. The van der Waals surface area contributed by atoms with Crippen molar-refractivity contribution >= 4 is 27.3 Å². The Morgan fingerprint density at radius 1 is 1.00 bits per heavy atom. The van der Waals surface area contributed by atoms with Crippen LogP contribution in [0.4, 0.5) is 20.2 Å². The molecule has 0 saturated carbocycles. The fraction of sp³-hybridized carbons (Fsp3) is 0.435. The molecule has 1 fully saturated rings. The standard InChI is InChI=1S/C23H29F2N3O3S/c1-16(18-7-9-19(10-8-18)27-13-5-4-6-14-27)26-23(29)17(2)28(32(3,30)31)20-11-12-21(24)22(25)15-20/h7-12,15-17H,4-6,13-14H2,1-3H3,(H,26,29)/t16-,17-/m1/s1. The summed E-state index contributed by atoms with van der Waals surface area (Å²) in [4.78, 5) is 15.2. The molecule has 32 heavy (non-hydrogen) atoms. The highest BCUT2D eigenvalue weighted by atomic mass is 32.2. The summed E-state index contributed by atoms with van der Waals surface area (Å²) >= 11 is 0. The van der Waals surface area contributed by atoms with Crippen molar-refractivity contribution in [2.24, 2.45) is 0 Å². The summed E-state index contributed by atoms with van der Waals surface area (Å²) in [6.07, 6.45) is 4.54. The molecule has 0 spiro atoms. The van der Waals surface area contributed by atoms with Gasteiger partial charge in [-0.2, -0.15) is 0 Å². The van der Waals surface area contributed by atoms with Crippen LogP contribution in [0, 0.1) is 11.6 Å². The van der Waals surface area contributed by atoms with E-state index >= 15 is 0 Å². The van der Waals surface area contributed by atoms with Crippen molar-refractivity contribution in [1.29, 1.82) is 0 Å². The van der Waals surface area contributed by atoms with Crippen LogP contribution in [0.1, 0.15) is 44.7 Å². The van der Waals surface area contributed by atoms with Gasteiger partial charge in [-0.05, 0) is 62.9 Å². The number of rotatable bonds is 7. The molecule has 2 aromatic rings. The van der Waals surface area contributed by atoms with Gasteiger partial charge in [-0.15, -0.1) is 0 Å². The van der Waals surface area contributed by atoms with Crippen molar-refractivity contribution < 1.29 is 22.0 Å². The molecule has 0 aliphatic carbocycles. The third-order valence-corrected chi connectivity index (χ3v) is 6.96. The predicted octanol–water partition coefficient (Wildman–Crippen LogP) is 3.99. The number of halogens is 2. The number of benzene rings is 2. The molecule has 0 unspecified atom stereocenters. The molecule has 1 saturated heterocycles. The lowest BCUT2D eigenvalue weighted by Crippen LogP contribution is -2.48. The third-order valence-electron chi connectivity index (χ3n) is 5.72. The van der Waals surface area contributed by atoms with E-state index in [1.165, 1.54) is 26.2 Å². The van der Waals surface area contributed by atoms with Crippen LogP contribution in [-0.4, -0.2) is 39.7 Å². The van der Waals surface area contributed by atoms with Crippen LogP contribution in [0.2, 0.25) is 0 Å². The summed E-state index contributed by atoms with van der Waals surface area (Å²) < 4.78 is 52.5. The Balaban J connectivity index is 1.73. The van der Waals surface area contributed by atoms with Crippen molar-refractivity contribution in [2.45, 2.75) is 45.2 Å².